The van der Waals surface area contributed by atoms with E-state index in [9.17, 15) is 9.59 Å². The minimum absolute atomic E-state index is 0.0731. The van der Waals surface area contributed by atoms with Gasteiger partial charge in [0.2, 0.25) is 0 Å². The summed E-state index contributed by atoms with van der Waals surface area (Å²) in [5, 5.41) is 12.6. The van der Waals surface area contributed by atoms with Crippen molar-refractivity contribution in [2.45, 2.75) is 26.7 Å². The highest BCUT2D eigenvalue weighted by Crippen LogP contribution is 2.38. The lowest BCUT2D eigenvalue weighted by atomic mass is 9.97. The van der Waals surface area contributed by atoms with E-state index in [2.05, 4.69) is 10.3 Å². The Bertz CT molecular complexity index is 1210. The van der Waals surface area contributed by atoms with Crippen molar-refractivity contribution < 1.29 is 14.7 Å². The van der Waals surface area contributed by atoms with E-state index >= 15 is 0 Å². The number of rotatable bonds is 5. The van der Waals surface area contributed by atoms with Crippen LogP contribution in [-0.2, 0) is 16.0 Å². The summed E-state index contributed by atoms with van der Waals surface area (Å²) in [7, 11) is 0. The Hall–Kier alpha value is -3.31. The second-order valence-corrected chi connectivity index (χ2v) is 7.84. The standard InChI is InChI=1S/C24H21ClN2O3/c1-13-16(7-9-23(28)29)12-26-21(13)11-19-18-8-6-15(10-22(18)27-24(19)30)17-4-3-5-20(25)14(17)2/h3-6,8,10-12,26H,7,9H2,1-2H3,(H,27,30)(H,28,29). The number of carbonyl (C=O) groups is 2. The zero-order chi connectivity index (χ0) is 21.4. The molecule has 0 unspecified atom stereocenters. The van der Waals surface area contributed by atoms with E-state index in [1.165, 1.54) is 0 Å². The zero-order valence-electron chi connectivity index (χ0n) is 16.7. The molecule has 2 heterocycles. The molecular weight excluding hydrogens is 400 g/mol. The number of benzene rings is 2. The molecule has 0 aliphatic carbocycles. The van der Waals surface area contributed by atoms with Crippen LogP contribution >= 0.6 is 11.6 Å². The molecule has 0 saturated heterocycles. The lowest BCUT2D eigenvalue weighted by Crippen LogP contribution is -2.03. The highest BCUT2D eigenvalue weighted by atomic mass is 35.5. The first-order chi connectivity index (χ1) is 14.3. The maximum absolute atomic E-state index is 12.6. The number of amides is 1. The lowest BCUT2D eigenvalue weighted by Gasteiger charge is -2.09. The van der Waals surface area contributed by atoms with Gasteiger partial charge in [0, 0.05) is 34.6 Å². The van der Waals surface area contributed by atoms with E-state index in [4.69, 9.17) is 16.7 Å². The summed E-state index contributed by atoms with van der Waals surface area (Å²) >= 11 is 6.26. The van der Waals surface area contributed by atoms with Gasteiger partial charge in [-0.2, -0.15) is 0 Å². The van der Waals surface area contributed by atoms with Gasteiger partial charge in [-0.05, 0) is 66.3 Å². The van der Waals surface area contributed by atoms with Crippen molar-refractivity contribution in [3.05, 3.63) is 75.6 Å². The summed E-state index contributed by atoms with van der Waals surface area (Å²) in [6.45, 7) is 3.91. The molecule has 3 N–H and O–H groups in total. The van der Waals surface area contributed by atoms with Gasteiger partial charge in [0.1, 0.15) is 0 Å². The maximum atomic E-state index is 12.6. The normalized spacial score (nSPS) is 14.1. The molecule has 152 valence electrons. The number of aromatic nitrogens is 1. The number of H-pyrrole nitrogens is 1. The number of carboxylic acids is 1. The average Bonchev–Trinajstić information content (AvgIpc) is 3.21. The molecule has 0 bridgehead atoms. The number of fused-ring (bicyclic) bond motifs is 1. The maximum Gasteiger partial charge on any atom is 0.303 e. The molecule has 1 aromatic heterocycles. The predicted octanol–water partition coefficient (Wildman–Crippen LogP) is 5.46. The third-order valence-electron chi connectivity index (χ3n) is 5.57. The van der Waals surface area contributed by atoms with Crippen LogP contribution in [0.25, 0.3) is 22.8 Å². The molecule has 1 amide bonds. The molecule has 5 nitrogen and oxygen atoms in total. The number of hydrogen-bond donors (Lipinski definition) is 3. The summed E-state index contributed by atoms with van der Waals surface area (Å²) in [4.78, 5) is 26.6. The van der Waals surface area contributed by atoms with Crippen LogP contribution in [0.2, 0.25) is 5.02 Å². The number of anilines is 1. The Morgan fingerprint density at radius 3 is 2.70 bits per heavy atom. The van der Waals surface area contributed by atoms with Crippen LogP contribution in [0.4, 0.5) is 5.69 Å². The summed E-state index contributed by atoms with van der Waals surface area (Å²) in [5.41, 5.74) is 7.89. The van der Waals surface area contributed by atoms with Crippen molar-refractivity contribution in [2.75, 3.05) is 5.32 Å². The minimum Gasteiger partial charge on any atom is -0.481 e. The molecule has 0 spiro atoms. The van der Waals surface area contributed by atoms with Crippen molar-refractivity contribution in [1.29, 1.82) is 0 Å². The van der Waals surface area contributed by atoms with Gasteiger partial charge in [0.15, 0.2) is 0 Å². The SMILES string of the molecule is Cc1c(Cl)cccc1-c1ccc2c(c1)NC(=O)C2=Cc1[nH]cc(CCC(=O)O)c1C. The van der Waals surface area contributed by atoms with Gasteiger partial charge < -0.3 is 15.4 Å². The van der Waals surface area contributed by atoms with Gasteiger partial charge in [0.25, 0.3) is 5.91 Å². The van der Waals surface area contributed by atoms with Crippen LogP contribution in [0.15, 0.2) is 42.6 Å². The first-order valence-electron chi connectivity index (χ1n) is 9.66. The van der Waals surface area contributed by atoms with Gasteiger partial charge in [-0.25, -0.2) is 0 Å². The molecule has 3 aromatic rings. The highest BCUT2D eigenvalue weighted by Gasteiger charge is 2.25. The van der Waals surface area contributed by atoms with E-state index in [-0.39, 0.29) is 12.3 Å². The molecule has 0 saturated carbocycles. The summed E-state index contributed by atoms with van der Waals surface area (Å²) < 4.78 is 0. The topological polar surface area (TPSA) is 82.2 Å². The molecule has 0 atom stereocenters. The fourth-order valence-corrected chi connectivity index (χ4v) is 3.95. The Morgan fingerprint density at radius 2 is 1.93 bits per heavy atom. The lowest BCUT2D eigenvalue weighted by molar-refractivity contribution is -0.137. The molecule has 0 fully saturated rings. The third kappa shape index (κ3) is 3.64. The molecule has 0 radical (unpaired) electrons. The van der Waals surface area contributed by atoms with Crippen molar-refractivity contribution >= 4 is 40.8 Å². The van der Waals surface area contributed by atoms with Gasteiger partial charge in [-0.1, -0.05) is 35.9 Å². The Balaban J connectivity index is 1.68. The number of aryl methyl sites for hydroxylation is 1. The van der Waals surface area contributed by atoms with E-state index in [0.717, 1.165) is 44.8 Å². The molecular formula is C24H21ClN2O3. The fourth-order valence-electron chi connectivity index (χ4n) is 3.78. The fraction of sp³-hybridized carbons (Fsp3) is 0.167. The number of halogens is 1. The molecule has 1 aliphatic rings. The number of aliphatic carboxylic acids is 1. The number of nitrogens with one attached hydrogen (secondary N) is 2. The summed E-state index contributed by atoms with van der Waals surface area (Å²) in [6, 6.07) is 11.7. The number of aromatic amines is 1. The first kappa shape index (κ1) is 20.0. The van der Waals surface area contributed by atoms with Crippen LogP contribution in [0, 0.1) is 13.8 Å². The van der Waals surface area contributed by atoms with Crippen LogP contribution in [-0.4, -0.2) is 22.0 Å². The van der Waals surface area contributed by atoms with E-state index in [0.29, 0.717) is 17.0 Å². The van der Waals surface area contributed by atoms with Gasteiger partial charge in [-0.3, -0.25) is 9.59 Å². The zero-order valence-corrected chi connectivity index (χ0v) is 17.4. The third-order valence-corrected chi connectivity index (χ3v) is 5.98. The Morgan fingerprint density at radius 1 is 1.13 bits per heavy atom. The molecule has 4 rings (SSSR count). The Labute approximate surface area is 179 Å². The number of carbonyl (C=O) groups excluding carboxylic acids is 1. The van der Waals surface area contributed by atoms with Gasteiger partial charge in [0.05, 0.1) is 5.57 Å². The molecule has 30 heavy (non-hydrogen) atoms. The first-order valence-corrected chi connectivity index (χ1v) is 10.0. The van der Waals surface area contributed by atoms with Crippen LogP contribution in [0.3, 0.4) is 0 Å². The predicted molar refractivity (Wildman–Crippen MR) is 120 cm³/mol. The molecule has 2 aromatic carbocycles. The minimum atomic E-state index is -0.828. The second-order valence-electron chi connectivity index (χ2n) is 7.43. The number of hydrogen-bond acceptors (Lipinski definition) is 2. The largest absolute Gasteiger partial charge is 0.481 e. The van der Waals surface area contributed by atoms with Gasteiger partial charge >= 0.3 is 5.97 Å². The molecule has 1 aliphatic heterocycles. The number of carboxylic acid groups (broad SMARTS) is 1. The van der Waals surface area contributed by atoms with Crippen LogP contribution < -0.4 is 5.32 Å². The summed E-state index contributed by atoms with van der Waals surface area (Å²) in [6.07, 6.45) is 4.16. The molecule has 6 heteroatoms. The van der Waals surface area contributed by atoms with Crippen molar-refractivity contribution in [1.82, 2.24) is 4.98 Å². The van der Waals surface area contributed by atoms with Crippen molar-refractivity contribution in [2.24, 2.45) is 0 Å². The van der Waals surface area contributed by atoms with Gasteiger partial charge in [-0.15, -0.1) is 0 Å². The van der Waals surface area contributed by atoms with Crippen LogP contribution in [0.5, 0.6) is 0 Å². The second kappa shape index (κ2) is 7.84. The smallest absolute Gasteiger partial charge is 0.303 e. The van der Waals surface area contributed by atoms with Crippen LogP contribution in [0.1, 0.15) is 34.4 Å². The van der Waals surface area contributed by atoms with Crippen molar-refractivity contribution in [3.63, 3.8) is 0 Å². The monoisotopic (exact) mass is 420 g/mol. The highest BCUT2D eigenvalue weighted by molar-refractivity contribution is 6.35. The van der Waals surface area contributed by atoms with E-state index in [1.54, 1.807) is 0 Å². The van der Waals surface area contributed by atoms with E-state index < -0.39 is 5.97 Å². The summed E-state index contributed by atoms with van der Waals surface area (Å²) in [5.74, 6) is -0.989. The van der Waals surface area contributed by atoms with Crippen molar-refractivity contribution in [3.8, 4) is 11.1 Å². The van der Waals surface area contributed by atoms with E-state index in [1.807, 2.05) is 62.5 Å². The Kier molecular flexibility index (Phi) is 5.22. The quantitative estimate of drug-likeness (QED) is 0.479. The average molecular weight is 421 g/mol.